The van der Waals surface area contributed by atoms with Crippen LogP contribution >= 0.6 is 0 Å². The molecule has 2 aromatic carbocycles. The molecule has 0 saturated carbocycles. The molecule has 0 atom stereocenters. The van der Waals surface area contributed by atoms with Crippen LogP contribution in [-0.4, -0.2) is 25.0 Å². The number of nitrogens with zero attached hydrogens (tertiary/aromatic N) is 1. The lowest BCUT2D eigenvalue weighted by Gasteiger charge is -2.29. The van der Waals surface area contributed by atoms with Crippen molar-refractivity contribution >= 4 is 6.08 Å². The van der Waals surface area contributed by atoms with E-state index in [0.29, 0.717) is 10.8 Å². The fourth-order valence-electron chi connectivity index (χ4n) is 3.57. The van der Waals surface area contributed by atoms with Gasteiger partial charge in [-0.25, -0.2) is 0 Å². The zero-order valence-electron chi connectivity index (χ0n) is 27.8. The molecule has 0 spiro atoms. The minimum absolute atomic E-state index is 0.274. The SMILES string of the molecule is CC.CC.CC(C)(C)/C=C/c1ccccc1.CC(C)(C)Cc1ccccc1.CN1CC=C(C(C)(C)C)CC1. The van der Waals surface area contributed by atoms with E-state index in [-0.39, 0.29) is 5.41 Å². The van der Waals surface area contributed by atoms with E-state index in [1.165, 1.54) is 24.1 Å². The molecule has 216 valence electrons. The van der Waals surface area contributed by atoms with Gasteiger partial charge < -0.3 is 4.90 Å². The van der Waals surface area contributed by atoms with Gasteiger partial charge in [0.2, 0.25) is 0 Å². The highest BCUT2D eigenvalue weighted by Gasteiger charge is 2.19. The Morgan fingerprint density at radius 1 is 0.711 bits per heavy atom. The molecule has 38 heavy (non-hydrogen) atoms. The van der Waals surface area contributed by atoms with E-state index >= 15 is 0 Å². The molecule has 0 N–H and O–H groups in total. The second kappa shape index (κ2) is 19.9. The fourth-order valence-corrected chi connectivity index (χ4v) is 3.57. The first-order chi connectivity index (χ1) is 17.7. The van der Waals surface area contributed by atoms with Crippen LogP contribution in [-0.2, 0) is 6.42 Å². The summed E-state index contributed by atoms with van der Waals surface area (Å²) in [6.45, 7) is 30.6. The van der Waals surface area contributed by atoms with Crippen molar-refractivity contribution in [3.8, 4) is 0 Å². The van der Waals surface area contributed by atoms with Gasteiger partial charge in [0.15, 0.2) is 0 Å². The van der Waals surface area contributed by atoms with Crippen molar-refractivity contribution in [2.45, 2.75) is 103 Å². The first-order valence-corrected chi connectivity index (χ1v) is 14.8. The Labute approximate surface area is 239 Å². The van der Waals surface area contributed by atoms with Gasteiger partial charge in [0.05, 0.1) is 0 Å². The lowest BCUT2D eigenvalue weighted by atomic mass is 9.83. The molecule has 0 unspecified atom stereocenters. The average molecular weight is 522 g/mol. The molecule has 0 amide bonds. The predicted molar refractivity (Wildman–Crippen MR) is 177 cm³/mol. The third-order valence-electron chi connectivity index (χ3n) is 5.53. The Balaban J connectivity index is 0. The van der Waals surface area contributed by atoms with Crippen LogP contribution in [0.1, 0.15) is 108 Å². The summed E-state index contributed by atoms with van der Waals surface area (Å²) in [5.41, 5.74) is 5.39. The number of hydrogen-bond acceptors (Lipinski definition) is 1. The Morgan fingerprint density at radius 3 is 1.55 bits per heavy atom. The summed E-state index contributed by atoms with van der Waals surface area (Å²) in [5.74, 6) is 0. The molecule has 3 rings (SSSR count). The smallest absolute Gasteiger partial charge is 0.0163 e. The van der Waals surface area contributed by atoms with Crippen molar-refractivity contribution in [2.24, 2.45) is 16.2 Å². The van der Waals surface area contributed by atoms with Gasteiger partial charge >= 0.3 is 0 Å². The summed E-state index contributed by atoms with van der Waals surface area (Å²) in [6.07, 6.45) is 9.18. The zero-order valence-corrected chi connectivity index (χ0v) is 27.8. The van der Waals surface area contributed by atoms with Crippen molar-refractivity contribution in [1.29, 1.82) is 0 Å². The van der Waals surface area contributed by atoms with E-state index in [1.807, 2.05) is 33.8 Å². The molecule has 0 bridgehead atoms. The fraction of sp³-hybridized carbons (Fsp3) is 0.568. The summed E-state index contributed by atoms with van der Waals surface area (Å²) in [6, 6.07) is 21.0. The first kappa shape index (κ1) is 38.0. The van der Waals surface area contributed by atoms with Crippen LogP contribution in [0.2, 0.25) is 0 Å². The van der Waals surface area contributed by atoms with Crippen LogP contribution in [0.25, 0.3) is 6.08 Å². The van der Waals surface area contributed by atoms with Crippen LogP contribution < -0.4 is 0 Å². The summed E-state index contributed by atoms with van der Waals surface area (Å²) >= 11 is 0. The molecule has 0 saturated heterocycles. The third-order valence-corrected chi connectivity index (χ3v) is 5.53. The van der Waals surface area contributed by atoms with E-state index in [4.69, 9.17) is 0 Å². The van der Waals surface area contributed by atoms with Gasteiger partial charge in [-0.2, -0.15) is 0 Å². The molecule has 2 aromatic rings. The second-order valence-electron chi connectivity index (χ2n) is 12.8. The lowest BCUT2D eigenvalue weighted by molar-refractivity contribution is 0.332. The number of rotatable bonds is 2. The Kier molecular flexibility index (Phi) is 19.9. The lowest BCUT2D eigenvalue weighted by Crippen LogP contribution is -2.27. The van der Waals surface area contributed by atoms with Gasteiger partial charge in [-0.3, -0.25) is 0 Å². The summed E-state index contributed by atoms with van der Waals surface area (Å²) in [7, 11) is 2.18. The number of hydrogen-bond donors (Lipinski definition) is 0. The molecular formula is C37H63N. The maximum absolute atomic E-state index is 2.38. The quantitative estimate of drug-likeness (QED) is 0.355. The van der Waals surface area contributed by atoms with E-state index in [1.54, 1.807) is 5.57 Å². The van der Waals surface area contributed by atoms with Crippen LogP contribution in [0, 0.1) is 16.2 Å². The van der Waals surface area contributed by atoms with Gasteiger partial charge in [0.1, 0.15) is 0 Å². The predicted octanol–water partition coefficient (Wildman–Crippen LogP) is 11.4. The topological polar surface area (TPSA) is 3.24 Å². The van der Waals surface area contributed by atoms with Crippen molar-refractivity contribution in [3.05, 3.63) is 89.5 Å². The van der Waals surface area contributed by atoms with Crippen molar-refractivity contribution in [2.75, 3.05) is 20.1 Å². The molecule has 0 aromatic heterocycles. The van der Waals surface area contributed by atoms with E-state index in [9.17, 15) is 0 Å². The molecular weight excluding hydrogens is 458 g/mol. The molecule has 1 heteroatoms. The number of likely N-dealkylation sites (N-methyl/N-ethyl adjacent to an activating group) is 1. The molecule has 1 heterocycles. The zero-order chi connectivity index (χ0) is 29.8. The van der Waals surface area contributed by atoms with Gasteiger partial charge in [0.25, 0.3) is 0 Å². The highest BCUT2D eigenvalue weighted by atomic mass is 15.1. The van der Waals surface area contributed by atoms with Crippen LogP contribution in [0.15, 0.2) is 78.4 Å². The van der Waals surface area contributed by atoms with Crippen LogP contribution in [0.3, 0.4) is 0 Å². The molecule has 0 radical (unpaired) electrons. The maximum Gasteiger partial charge on any atom is 0.0163 e. The average Bonchev–Trinajstić information content (AvgIpc) is 2.86. The van der Waals surface area contributed by atoms with E-state index < -0.39 is 0 Å². The van der Waals surface area contributed by atoms with Gasteiger partial charge in [-0.1, -0.05) is 174 Å². The molecule has 1 nitrogen and oxygen atoms in total. The Morgan fingerprint density at radius 2 is 1.18 bits per heavy atom. The molecule has 0 aliphatic carbocycles. The van der Waals surface area contributed by atoms with Gasteiger partial charge in [-0.05, 0) is 47.3 Å². The van der Waals surface area contributed by atoms with Crippen molar-refractivity contribution in [3.63, 3.8) is 0 Å². The molecule has 1 aliphatic rings. The van der Waals surface area contributed by atoms with E-state index in [2.05, 4.69) is 147 Å². The van der Waals surface area contributed by atoms with Crippen molar-refractivity contribution < 1.29 is 0 Å². The van der Waals surface area contributed by atoms with Crippen LogP contribution in [0.4, 0.5) is 0 Å². The normalized spacial score (nSPS) is 13.8. The standard InChI is InChI=1S/C12H16.C11H16.C10H19N.2C2H6/c1-12(2,3)10-9-11-7-5-4-6-8-11;1-11(2,3)9-10-7-5-4-6-8-10;1-10(2,3)9-5-7-11(4)8-6-9;2*1-2/h4-10H,1-3H3;4-8H,9H2,1-3H3;5H,6-8H2,1-4H3;2*1-2H3/b10-9+;;;;. The third kappa shape index (κ3) is 21.9. The maximum atomic E-state index is 2.38. The first-order valence-electron chi connectivity index (χ1n) is 14.8. The largest absolute Gasteiger partial charge is 0.302 e. The number of benzene rings is 2. The second-order valence-corrected chi connectivity index (χ2v) is 12.8. The minimum atomic E-state index is 0.274. The number of allylic oxidation sites excluding steroid dienone is 1. The van der Waals surface area contributed by atoms with Crippen molar-refractivity contribution in [1.82, 2.24) is 4.90 Å². The monoisotopic (exact) mass is 521 g/mol. The van der Waals surface area contributed by atoms with Gasteiger partial charge in [0, 0.05) is 13.1 Å². The summed E-state index contributed by atoms with van der Waals surface area (Å²) < 4.78 is 0. The van der Waals surface area contributed by atoms with Gasteiger partial charge in [-0.15, -0.1) is 0 Å². The highest BCUT2D eigenvalue weighted by Crippen LogP contribution is 2.29. The summed E-state index contributed by atoms with van der Waals surface area (Å²) in [5, 5.41) is 0. The Hall–Kier alpha value is -2.12. The molecule has 0 fully saturated rings. The highest BCUT2D eigenvalue weighted by molar-refractivity contribution is 5.49. The minimum Gasteiger partial charge on any atom is -0.302 e. The van der Waals surface area contributed by atoms with E-state index in [0.717, 1.165) is 13.0 Å². The Bertz CT molecular complexity index is 853. The molecule has 1 aliphatic heterocycles. The summed E-state index contributed by atoms with van der Waals surface area (Å²) in [4.78, 5) is 2.36. The van der Waals surface area contributed by atoms with Crippen LogP contribution in [0.5, 0.6) is 0 Å².